The van der Waals surface area contributed by atoms with Crippen molar-refractivity contribution < 1.29 is 9.59 Å². The van der Waals surface area contributed by atoms with Crippen molar-refractivity contribution in [1.82, 2.24) is 0 Å². The van der Waals surface area contributed by atoms with E-state index >= 15 is 0 Å². The van der Waals surface area contributed by atoms with Gasteiger partial charge >= 0.3 is 6.03 Å². The average Bonchev–Trinajstić information content (AvgIpc) is 2.43. The number of rotatable bonds is 3. The highest BCUT2D eigenvalue weighted by Gasteiger charge is 2.05. The molecular formula is C16H16N2O2. The van der Waals surface area contributed by atoms with Gasteiger partial charge in [0.15, 0.2) is 0 Å². The van der Waals surface area contributed by atoms with E-state index in [9.17, 15) is 9.59 Å². The molecule has 0 unspecified atom stereocenters. The lowest BCUT2D eigenvalue weighted by atomic mass is 10.1. The Morgan fingerprint density at radius 2 is 1.85 bits per heavy atom. The monoisotopic (exact) mass is 268 g/mol. The fraction of sp³-hybridized carbons (Fsp3) is 0.125. The van der Waals surface area contributed by atoms with Crippen LogP contribution in [0.25, 0.3) is 0 Å². The first-order valence-corrected chi connectivity index (χ1v) is 6.29. The van der Waals surface area contributed by atoms with Crippen LogP contribution in [-0.2, 0) is 0 Å². The SMILES string of the molecule is Cc1ccc(C)c(NC(=O)Nc2cccc(C=O)c2)c1. The summed E-state index contributed by atoms with van der Waals surface area (Å²) in [7, 11) is 0. The van der Waals surface area contributed by atoms with E-state index in [0.717, 1.165) is 23.1 Å². The molecule has 4 heteroatoms. The quantitative estimate of drug-likeness (QED) is 0.833. The zero-order valence-electron chi connectivity index (χ0n) is 11.4. The van der Waals surface area contributed by atoms with Crippen LogP contribution in [0, 0.1) is 13.8 Å². The van der Waals surface area contributed by atoms with Gasteiger partial charge in [0.05, 0.1) is 0 Å². The molecule has 0 radical (unpaired) electrons. The van der Waals surface area contributed by atoms with E-state index in [2.05, 4.69) is 10.6 Å². The van der Waals surface area contributed by atoms with Crippen molar-refractivity contribution in [2.45, 2.75) is 13.8 Å². The number of nitrogens with one attached hydrogen (secondary N) is 2. The molecule has 2 aromatic rings. The van der Waals surface area contributed by atoms with E-state index in [0.29, 0.717) is 11.3 Å². The Hall–Kier alpha value is -2.62. The standard InChI is InChI=1S/C16H16N2O2/c1-11-6-7-12(2)15(8-11)18-16(20)17-14-5-3-4-13(9-14)10-19/h3-10H,1-2H3,(H2,17,18,20). The number of aryl methyl sites for hydroxylation is 2. The first-order chi connectivity index (χ1) is 9.58. The number of carbonyl (C=O) groups is 2. The maximum absolute atomic E-state index is 11.9. The molecule has 0 spiro atoms. The minimum Gasteiger partial charge on any atom is -0.308 e. The van der Waals surface area contributed by atoms with E-state index < -0.39 is 0 Å². The molecule has 0 saturated carbocycles. The molecule has 0 heterocycles. The second-order valence-corrected chi connectivity index (χ2v) is 4.64. The van der Waals surface area contributed by atoms with Crippen molar-refractivity contribution in [3.8, 4) is 0 Å². The minimum absolute atomic E-state index is 0.332. The second kappa shape index (κ2) is 6.02. The average molecular weight is 268 g/mol. The molecule has 0 atom stereocenters. The maximum Gasteiger partial charge on any atom is 0.323 e. The van der Waals surface area contributed by atoms with Gasteiger partial charge in [-0.05, 0) is 43.2 Å². The lowest BCUT2D eigenvalue weighted by Crippen LogP contribution is -2.20. The van der Waals surface area contributed by atoms with Gasteiger partial charge in [0.25, 0.3) is 0 Å². The van der Waals surface area contributed by atoms with Gasteiger partial charge < -0.3 is 10.6 Å². The predicted octanol–water partition coefficient (Wildman–Crippen LogP) is 3.76. The molecule has 4 nitrogen and oxygen atoms in total. The Morgan fingerprint density at radius 3 is 2.60 bits per heavy atom. The highest BCUT2D eigenvalue weighted by Crippen LogP contribution is 2.17. The number of hydrogen-bond acceptors (Lipinski definition) is 2. The van der Waals surface area contributed by atoms with Gasteiger partial charge in [-0.15, -0.1) is 0 Å². The fourth-order valence-electron chi connectivity index (χ4n) is 1.84. The van der Waals surface area contributed by atoms with Gasteiger partial charge in [-0.2, -0.15) is 0 Å². The number of anilines is 2. The van der Waals surface area contributed by atoms with Crippen LogP contribution in [0.1, 0.15) is 21.5 Å². The molecule has 0 bridgehead atoms. The summed E-state index contributed by atoms with van der Waals surface area (Å²) in [5, 5.41) is 5.50. The van der Waals surface area contributed by atoms with Crippen LogP contribution in [-0.4, -0.2) is 12.3 Å². The summed E-state index contributed by atoms with van der Waals surface area (Å²) in [4.78, 5) is 22.6. The van der Waals surface area contributed by atoms with Crippen LogP contribution in [0.2, 0.25) is 0 Å². The number of amides is 2. The van der Waals surface area contributed by atoms with Gasteiger partial charge in [-0.1, -0.05) is 24.3 Å². The van der Waals surface area contributed by atoms with E-state index in [1.165, 1.54) is 0 Å². The smallest absolute Gasteiger partial charge is 0.308 e. The molecule has 0 aromatic heterocycles. The fourth-order valence-corrected chi connectivity index (χ4v) is 1.84. The predicted molar refractivity (Wildman–Crippen MR) is 80.4 cm³/mol. The van der Waals surface area contributed by atoms with Crippen molar-refractivity contribution in [2.24, 2.45) is 0 Å². The Morgan fingerprint density at radius 1 is 1.05 bits per heavy atom. The highest BCUT2D eigenvalue weighted by molar-refractivity contribution is 6.00. The summed E-state index contributed by atoms with van der Waals surface area (Å²) < 4.78 is 0. The summed E-state index contributed by atoms with van der Waals surface area (Å²) in [5.74, 6) is 0. The number of carbonyl (C=O) groups excluding carboxylic acids is 2. The van der Waals surface area contributed by atoms with Crippen molar-refractivity contribution in [3.05, 3.63) is 59.2 Å². The van der Waals surface area contributed by atoms with Gasteiger partial charge in [0.1, 0.15) is 6.29 Å². The van der Waals surface area contributed by atoms with Gasteiger partial charge in [0, 0.05) is 16.9 Å². The highest BCUT2D eigenvalue weighted by atomic mass is 16.2. The second-order valence-electron chi connectivity index (χ2n) is 4.64. The minimum atomic E-state index is -0.332. The Bertz CT molecular complexity index is 651. The third-order valence-corrected chi connectivity index (χ3v) is 2.92. The van der Waals surface area contributed by atoms with Crippen LogP contribution in [0.5, 0.6) is 0 Å². The number of aldehydes is 1. The normalized spacial score (nSPS) is 9.90. The van der Waals surface area contributed by atoms with E-state index in [-0.39, 0.29) is 6.03 Å². The van der Waals surface area contributed by atoms with Crippen molar-refractivity contribution in [3.63, 3.8) is 0 Å². The molecule has 0 fully saturated rings. The largest absolute Gasteiger partial charge is 0.323 e. The summed E-state index contributed by atoms with van der Waals surface area (Å²) >= 11 is 0. The lowest BCUT2D eigenvalue weighted by Gasteiger charge is -2.11. The van der Waals surface area contributed by atoms with Crippen LogP contribution in [0.15, 0.2) is 42.5 Å². The Kier molecular flexibility index (Phi) is 4.15. The molecular weight excluding hydrogens is 252 g/mol. The molecule has 0 aliphatic heterocycles. The van der Waals surface area contributed by atoms with Crippen LogP contribution in [0.3, 0.4) is 0 Å². The number of hydrogen-bond donors (Lipinski definition) is 2. The molecule has 0 aliphatic rings. The summed E-state index contributed by atoms with van der Waals surface area (Å²) in [6, 6.07) is 12.3. The van der Waals surface area contributed by atoms with Crippen LogP contribution in [0.4, 0.5) is 16.2 Å². The number of urea groups is 1. The zero-order valence-corrected chi connectivity index (χ0v) is 11.4. The molecule has 2 amide bonds. The third-order valence-electron chi connectivity index (χ3n) is 2.92. The zero-order chi connectivity index (χ0) is 14.5. The topological polar surface area (TPSA) is 58.2 Å². The van der Waals surface area contributed by atoms with E-state index in [1.807, 2.05) is 32.0 Å². The maximum atomic E-state index is 11.9. The van der Waals surface area contributed by atoms with Gasteiger partial charge in [-0.3, -0.25) is 4.79 Å². The molecule has 2 rings (SSSR count). The molecule has 2 N–H and O–H groups in total. The van der Waals surface area contributed by atoms with Crippen LogP contribution < -0.4 is 10.6 Å². The Labute approximate surface area is 117 Å². The van der Waals surface area contributed by atoms with Gasteiger partial charge in [-0.25, -0.2) is 4.79 Å². The summed E-state index contributed by atoms with van der Waals surface area (Å²) in [6.07, 6.45) is 0.744. The van der Waals surface area contributed by atoms with E-state index in [1.54, 1.807) is 24.3 Å². The van der Waals surface area contributed by atoms with Gasteiger partial charge in [0.2, 0.25) is 0 Å². The Balaban J connectivity index is 2.08. The summed E-state index contributed by atoms with van der Waals surface area (Å²) in [6.45, 7) is 3.90. The summed E-state index contributed by atoms with van der Waals surface area (Å²) in [5.41, 5.74) is 3.95. The first-order valence-electron chi connectivity index (χ1n) is 6.29. The van der Waals surface area contributed by atoms with Crippen molar-refractivity contribution in [1.29, 1.82) is 0 Å². The first kappa shape index (κ1) is 13.8. The number of benzene rings is 2. The van der Waals surface area contributed by atoms with Crippen molar-refractivity contribution in [2.75, 3.05) is 10.6 Å². The van der Waals surface area contributed by atoms with Crippen LogP contribution >= 0.6 is 0 Å². The lowest BCUT2D eigenvalue weighted by molar-refractivity contribution is 0.112. The third kappa shape index (κ3) is 3.45. The molecule has 0 aliphatic carbocycles. The molecule has 20 heavy (non-hydrogen) atoms. The molecule has 0 saturated heterocycles. The van der Waals surface area contributed by atoms with E-state index in [4.69, 9.17) is 0 Å². The molecule has 102 valence electrons. The van der Waals surface area contributed by atoms with Crippen molar-refractivity contribution >= 4 is 23.7 Å². The molecule has 2 aromatic carbocycles.